The van der Waals surface area contributed by atoms with E-state index in [-0.39, 0.29) is 44.3 Å². The summed E-state index contributed by atoms with van der Waals surface area (Å²) < 4.78 is 0. The van der Waals surface area contributed by atoms with E-state index in [1.165, 1.54) is 0 Å². The van der Waals surface area contributed by atoms with Gasteiger partial charge in [0.1, 0.15) is 0 Å². The van der Waals surface area contributed by atoms with Crippen molar-refractivity contribution < 1.29 is 49.4 Å². The molecule has 0 saturated heterocycles. The van der Waals surface area contributed by atoms with Crippen LogP contribution >= 0.6 is 0 Å². The molecule has 0 spiro atoms. The van der Waals surface area contributed by atoms with Crippen LogP contribution in [0.1, 0.15) is 6.42 Å². The van der Waals surface area contributed by atoms with Crippen LogP contribution in [-0.4, -0.2) is 37.3 Å². The maximum Gasteiger partial charge on any atom is 2.00 e. The van der Waals surface area contributed by atoms with Crippen LogP contribution in [0.3, 0.4) is 0 Å². The summed E-state index contributed by atoms with van der Waals surface area (Å²) in [7, 11) is 3.99. The molecule has 5 heteroatoms. The number of aliphatic hydroxyl groups is 1. The summed E-state index contributed by atoms with van der Waals surface area (Å²) in [6, 6.07) is 0. The summed E-state index contributed by atoms with van der Waals surface area (Å²) in [5, 5.41) is 8.29. The first-order valence-corrected chi connectivity index (χ1v) is 2.53. The molecule has 0 amide bonds. The molecule has 0 heterocycles. The number of hydrogen-bond acceptors (Lipinski definition) is 2. The molecule has 2 nitrogen and oxygen atoms in total. The van der Waals surface area contributed by atoms with Crippen molar-refractivity contribution in [3.8, 4) is 0 Å². The molecular weight excluding hydrogens is 226 g/mol. The van der Waals surface area contributed by atoms with E-state index < -0.39 is 0 Å². The van der Waals surface area contributed by atoms with Gasteiger partial charge in [0.15, 0.2) is 0 Å². The minimum Gasteiger partial charge on any atom is -1.00 e. The smallest absolute Gasteiger partial charge is 1.00 e. The van der Waals surface area contributed by atoms with Gasteiger partial charge in [0.2, 0.25) is 0 Å². The molecule has 0 unspecified atom stereocenters. The maximum absolute atomic E-state index is 8.29. The average Bonchev–Trinajstić information content (AvgIpc) is 1.61. The second-order valence-corrected chi connectivity index (χ2v) is 1.88. The fourth-order valence-electron chi connectivity index (χ4n) is 0.387. The number of halogens is 2. The Morgan fingerprint density at radius 1 is 1.20 bits per heavy atom. The van der Waals surface area contributed by atoms with Gasteiger partial charge < -0.3 is 34.8 Å². The summed E-state index contributed by atoms with van der Waals surface area (Å²) in [5.74, 6) is 0. The SMILES string of the molecule is CN(C)CCCO.[Cl-].[Cl-].[Zn+2]. The van der Waals surface area contributed by atoms with Gasteiger partial charge in [-0.2, -0.15) is 0 Å². The predicted molar refractivity (Wildman–Crippen MR) is 30.3 cm³/mol. The summed E-state index contributed by atoms with van der Waals surface area (Å²) in [4.78, 5) is 2.05. The Hall–Kier alpha value is 1.12. The van der Waals surface area contributed by atoms with E-state index >= 15 is 0 Å². The second kappa shape index (κ2) is 16.6. The van der Waals surface area contributed by atoms with Crippen LogP contribution < -0.4 is 24.8 Å². The van der Waals surface area contributed by atoms with Crippen LogP contribution in [0.5, 0.6) is 0 Å². The Bertz CT molecular complexity index is 48.6. The minimum atomic E-state index is 0. The van der Waals surface area contributed by atoms with E-state index in [9.17, 15) is 0 Å². The van der Waals surface area contributed by atoms with Crippen molar-refractivity contribution in [2.75, 3.05) is 27.2 Å². The molecule has 0 atom stereocenters. The van der Waals surface area contributed by atoms with Crippen LogP contribution in [0.15, 0.2) is 0 Å². The summed E-state index contributed by atoms with van der Waals surface area (Å²) in [5.41, 5.74) is 0. The van der Waals surface area contributed by atoms with Gasteiger partial charge >= 0.3 is 19.5 Å². The van der Waals surface area contributed by atoms with Crippen molar-refractivity contribution in [2.45, 2.75) is 6.42 Å². The van der Waals surface area contributed by atoms with E-state index in [0.29, 0.717) is 6.61 Å². The first-order chi connectivity index (χ1) is 3.27. The molecule has 0 aliphatic heterocycles. The molecule has 0 aromatic carbocycles. The van der Waals surface area contributed by atoms with Crippen molar-refractivity contribution in [3.05, 3.63) is 0 Å². The van der Waals surface area contributed by atoms with Crippen molar-refractivity contribution in [1.82, 2.24) is 4.90 Å². The summed E-state index contributed by atoms with van der Waals surface area (Å²) in [6.45, 7) is 1.29. The third-order valence-corrected chi connectivity index (χ3v) is 0.763. The van der Waals surface area contributed by atoms with Gasteiger partial charge in [-0.3, -0.25) is 0 Å². The van der Waals surface area contributed by atoms with Gasteiger partial charge in [-0.1, -0.05) is 0 Å². The van der Waals surface area contributed by atoms with Crippen LogP contribution in [0.4, 0.5) is 0 Å². The van der Waals surface area contributed by atoms with Crippen LogP contribution in [0.25, 0.3) is 0 Å². The van der Waals surface area contributed by atoms with Gasteiger partial charge in [0, 0.05) is 6.61 Å². The Morgan fingerprint density at radius 3 is 1.70 bits per heavy atom. The maximum atomic E-state index is 8.29. The fourth-order valence-corrected chi connectivity index (χ4v) is 0.387. The molecule has 1 N–H and O–H groups in total. The topological polar surface area (TPSA) is 23.5 Å². The quantitative estimate of drug-likeness (QED) is 0.496. The molecule has 0 fully saturated rings. The monoisotopic (exact) mass is 237 g/mol. The average molecular weight is 239 g/mol. The first kappa shape index (κ1) is 22.5. The Labute approximate surface area is 87.9 Å². The Balaban J connectivity index is -0.0000000600. The molecule has 60 valence electrons. The number of aliphatic hydroxyl groups excluding tert-OH is 1. The molecule has 0 rings (SSSR count). The van der Waals surface area contributed by atoms with Gasteiger partial charge in [0.25, 0.3) is 0 Å². The van der Waals surface area contributed by atoms with Gasteiger partial charge in [-0.15, -0.1) is 0 Å². The Kier molecular flexibility index (Phi) is 37.3. The minimum absolute atomic E-state index is 0. The molecular formula is C5H13Cl2NOZn. The van der Waals surface area contributed by atoms with E-state index in [2.05, 4.69) is 4.90 Å². The first-order valence-electron chi connectivity index (χ1n) is 2.53. The zero-order valence-electron chi connectivity index (χ0n) is 6.48. The van der Waals surface area contributed by atoms with E-state index in [0.717, 1.165) is 13.0 Å². The molecule has 0 aromatic rings. The molecule has 0 radical (unpaired) electrons. The van der Waals surface area contributed by atoms with Crippen LogP contribution in [-0.2, 0) is 19.5 Å². The zero-order chi connectivity index (χ0) is 5.70. The standard InChI is InChI=1S/C5H13NO.2ClH.Zn/c1-6(2)4-3-5-7;;;/h7H,3-5H2,1-2H3;2*1H;/q;;;+2/p-2. The molecule has 0 aromatic heterocycles. The molecule has 10 heavy (non-hydrogen) atoms. The number of nitrogens with zero attached hydrogens (tertiary/aromatic N) is 1. The normalized spacial score (nSPS) is 7.20. The van der Waals surface area contributed by atoms with E-state index in [1.54, 1.807) is 0 Å². The van der Waals surface area contributed by atoms with E-state index in [4.69, 9.17) is 5.11 Å². The third kappa shape index (κ3) is 22.9. The molecule has 0 aliphatic carbocycles. The second-order valence-electron chi connectivity index (χ2n) is 1.88. The summed E-state index contributed by atoms with van der Waals surface area (Å²) in [6.07, 6.45) is 0.882. The van der Waals surface area contributed by atoms with Gasteiger partial charge in [-0.25, -0.2) is 0 Å². The zero-order valence-corrected chi connectivity index (χ0v) is 11.0. The third-order valence-electron chi connectivity index (χ3n) is 0.763. The molecule has 0 aliphatic rings. The van der Waals surface area contributed by atoms with Crippen molar-refractivity contribution in [3.63, 3.8) is 0 Å². The van der Waals surface area contributed by atoms with Gasteiger partial charge in [-0.05, 0) is 27.1 Å². The van der Waals surface area contributed by atoms with Crippen LogP contribution in [0, 0.1) is 0 Å². The van der Waals surface area contributed by atoms with Crippen molar-refractivity contribution in [2.24, 2.45) is 0 Å². The van der Waals surface area contributed by atoms with Crippen molar-refractivity contribution >= 4 is 0 Å². The summed E-state index contributed by atoms with van der Waals surface area (Å²) >= 11 is 0. The Morgan fingerprint density at radius 2 is 1.60 bits per heavy atom. The largest absolute Gasteiger partial charge is 2.00 e. The fraction of sp³-hybridized carbons (Fsp3) is 1.00. The van der Waals surface area contributed by atoms with Crippen molar-refractivity contribution in [1.29, 1.82) is 0 Å². The molecule has 0 saturated carbocycles. The predicted octanol–water partition coefficient (Wildman–Crippen LogP) is -6.06. The van der Waals surface area contributed by atoms with E-state index in [1.807, 2.05) is 14.1 Å². The molecule has 0 bridgehead atoms. The van der Waals surface area contributed by atoms with Crippen LogP contribution in [0.2, 0.25) is 0 Å². The number of rotatable bonds is 3. The number of hydrogen-bond donors (Lipinski definition) is 1. The van der Waals surface area contributed by atoms with Gasteiger partial charge in [0.05, 0.1) is 0 Å².